The molecule has 8 nitrogen and oxygen atoms in total. The van der Waals surface area contributed by atoms with E-state index in [1.807, 2.05) is 5.38 Å². The maximum absolute atomic E-state index is 12.6. The predicted octanol–water partition coefficient (Wildman–Crippen LogP) is 2.78. The summed E-state index contributed by atoms with van der Waals surface area (Å²) in [5, 5.41) is 5.37. The van der Waals surface area contributed by atoms with Crippen molar-refractivity contribution in [1.29, 1.82) is 0 Å². The lowest BCUT2D eigenvalue weighted by atomic mass is 10.2. The van der Waals surface area contributed by atoms with E-state index in [9.17, 15) is 13.2 Å². The molecule has 2 aromatic heterocycles. The Morgan fingerprint density at radius 3 is 2.65 bits per heavy atom. The molecule has 0 spiro atoms. The van der Waals surface area contributed by atoms with Crippen LogP contribution < -0.4 is 5.32 Å². The number of thiazole rings is 1. The van der Waals surface area contributed by atoms with Gasteiger partial charge < -0.3 is 10.1 Å². The number of sulfonamides is 1. The summed E-state index contributed by atoms with van der Waals surface area (Å²) in [6.45, 7) is 7.75. The van der Waals surface area contributed by atoms with Gasteiger partial charge in [0.2, 0.25) is 5.91 Å². The quantitative estimate of drug-likeness (QED) is 0.650. The van der Waals surface area contributed by atoms with Gasteiger partial charge in [0.15, 0.2) is 5.13 Å². The van der Waals surface area contributed by atoms with Crippen LogP contribution in [0, 0.1) is 0 Å². The van der Waals surface area contributed by atoms with Gasteiger partial charge in [0.05, 0.1) is 24.3 Å². The molecule has 2 fully saturated rings. The number of aromatic nitrogens is 1. The lowest BCUT2D eigenvalue weighted by molar-refractivity contribution is -0.115. The average molecular weight is 485 g/mol. The smallest absolute Gasteiger partial charge is 0.252 e. The van der Waals surface area contributed by atoms with Crippen LogP contribution in [0.2, 0.25) is 0 Å². The first-order valence-corrected chi connectivity index (χ1v) is 13.6. The normalized spacial score (nSPS) is 23.3. The molecule has 170 valence electrons. The molecule has 2 aliphatic heterocycles. The van der Waals surface area contributed by atoms with Gasteiger partial charge in [0.1, 0.15) is 4.21 Å². The van der Waals surface area contributed by atoms with Crippen LogP contribution >= 0.6 is 22.7 Å². The number of nitrogens with one attached hydrogen (secondary N) is 1. The molecule has 2 aliphatic rings. The third-order valence-electron chi connectivity index (χ3n) is 5.31. The molecule has 0 aliphatic carbocycles. The summed E-state index contributed by atoms with van der Waals surface area (Å²) in [5.41, 5.74) is 0.928. The van der Waals surface area contributed by atoms with E-state index in [0.717, 1.165) is 43.0 Å². The first kappa shape index (κ1) is 22.8. The van der Waals surface area contributed by atoms with Crippen molar-refractivity contribution in [2.45, 2.75) is 56.1 Å². The summed E-state index contributed by atoms with van der Waals surface area (Å²) in [6, 6.07) is 3.33. The number of ether oxygens (including phenoxy) is 1. The summed E-state index contributed by atoms with van der Waals surface area (Å²) in [5.74, 6) is -0.193. The molecule has 4 heterocycles. The molecule has 0 saturated carbocycles. The van der Waals surface area contributed by atoms with Crippen LogP contribution in [-0.4, -0.2) is 66.9 Å². The van der Waals surface area contributed by atoms with Gasteiger partial charge in [0.25, 0.3) is 10.0 Å². The highest BCUT2D eigenvalue weighted by Crippen LogP contribution is 2.28. The zero-order valence-corrected chi connectivity index (χ0v) is 20.2. The highest BCUT2D eigenvalue weighted by Gasteiger charge is 2.28. The molecule has 0 aromatic carbocycles. The van der Waals surface area contributed by atoms with E-state index >= 15 is 0 Å². The van der Waals surface area contributed by atoms with Crippen LogP contribution in [-0.2, 0) is 32.5 Å². The number of morpholine rings is 1. The van der Waals surface area contributed by atoms with Crippen LogP contribution in [0.1, 0.15) is 37.3 Å². The highest BCUT2D eigenvalue weighted by atomic mass is 32.2. The van der Waals surface area contributed by atoms with Crippen molar-refractivity contribution in [3.63, 3.8) is 0 Å². The molecule has 2 unspecified atom stereocenters. The van der Waals surface area contributed by atoms with Crippen molar-refractivity contribution in [2.24, 2.45) is 0 Å². The topological polar surface area (TPSA) is 91.8 Å². The fourth-order valence-electron chi connectivity index (χ4n) is 4.05. The van der Waals surface area contributed by atoms with E-state index in [-0.39, 0.29) is 24.5 Å². The number of carbonyl (C=O) groups is 1. The number of anilines is 1. The number of hydrogen-bond donors (Lipinski definition) is 1. The van der Waals surface area contributed by atoms with Crippen LogP contribution in [0.3, 0.4) is 0 Å². The fourth-order valence-corrected chi connectivity index (χ4v) is 7.79. The molecule has 0 bridgehead atoms. The van der Waals surface area contributed by atoms with Crippen LogP contribution in [0.15, 0.2) is 21.7 Å². The van der Waals surface area contributed by atoms with E-state index in [0.29, 0.717) is 22.4 Å². The van der Waals surface area contributed by atoms with Gasteiger partial charge in [-0.1, -0.05) is 0 Å². The van der Waals surface area contributed by atoms with Crippen molar-refractivity contribution in [3.05, 3.63) is 28.1 Å². The molecular weight excluding hydrogens is 456 g/mol. The van der Waals surface area contributed by atoms with Crippen molar-refractivity contribution in [2.75, 3.05) is 31.5 Å². The summed E-state index contributed by atoms with van der Waals surface area (Å²) in [7, 11) is -3.44. The SMILES string of the molecule is CC1CN(Cc2csc(NC(=O)Cc3ccc(S(=O)(=O)N4CCCC4)s3)n2)CC(C)O1. The maximum Gasteiger partial charge on any atom is 0.252 e. The molecule has 0 radical (unpaired) electrons. The van der Waals surface area contributed by atoms with E-state index in [2.05, 4.69) is 29.0 Å². The minimum atomic E-state index is -3.44. The lowest BCUT2D eigenvalue weighted by Crippen LogP contribution is -2.44. The van der Waals surface area contributed by atoms with Gasteiger partial charge in [-0.2, -0.15) is 4.31 Å². The van der Waals surface area contributed by atoms with Gasteiger partial charge in [-0.05, 0) is 38.8 Å². The van der Waals surface area contributed by atoms with Crippen LogP contribution in [0.5, 0.6) is 0 Å². The molecule has 4 rings (SSSR count). The number of thiophene rings is 1. The van der Waals surface area contributed by atoms with Gasteiger partial charge in [-0.3, -0.25) is 9.69 Å². The Morgan fingerprint density at radius 1 is 1.23 bits per heavy atom. The van der Waals surface area contributed by atoms with Gasteiger partial charge in [0, 0.05) is 43.0 Å². The Balaban J connectivity index is 1.31. The van der Waals surface area contributed by atoms with E-state index < -0.39 is 10.0 Å². The van der Waals surface area contributed by atoms with Crippen molar-refractivity contribution in [3.8, 4) is 0 Å². The number of carbonyl (C=O) groups excluding carboxylic acids is 1. The Kier molecular flexibility index (Phi) is 7.09. The zero-order chi connectivity index (χ0) is 22.0. The second-order valence-electron chi connectivity index (χ2n) is 8.15. The van der Waals surface area contributed by atoms with Gasteiger partial charge >= 0.3 is 0 Å². The predicted molar refractivity (Wildman–Crippen MR) is 122 cm³/mol. The van der Waals surface area contributed by atoms with Crippen molar-refractivity contribution >= 4 is 43.7 Å². The first-order chi connectivity index (χ1) is 14.8. The standard InChI is InChI=1S/C20H28N4O4S3/c1-14-10-23(11-15(2)28-14)12-16-13-29-20(21-16)22-18(25)9-17-5-6-19(30-17)31(26,27)24-7-3-4-8-24/h5-6,13-15H,3-4,7-12H2,1-2H3,(H,21,22,25). The molecule has 1 amide bonds. The Hall–Kier alpha value is -1.37. The minimum absolute atomic E-state index is 0.133. The second kappa shape index (κ2) is 9.63. The van der Waals surface area contributed by atoms with Gasteiger partial charge in [-0.25, -0.2) is 13.4 Å². The van der Waals surface area contributed by atoms with E-state index in [4.69, 9.17) is 4.74 Å². The number of nitrogens with zero attached hydrogens (tertiary/aromatic N) is 3. The number of hydrogen-bond acceptors (Lipinski definition) is 8. The van der Waals surface area contributed by atoms with Crippen molar-refractivity contribution < 1.29 is 17.9 Å². The Bertz CT molecular complexity index is 1000. The fraction of sp³-hybridized carbons (Fsp3) is 0.600. The van der Waals surface area contributed by atoms with E-state index in [1.54, 1.807) is 12.1 Å². The highest BCUT2D eigenvalue weighted by molar-refractivity contribution is 7.91. The molecule has 31 heavy (non-hydrogen) atoms. The summed E-state index contributed by atoms with van der Waals surface area (Å²) < 4.78 is 32.9. The average Bonchev–Trinajstić information content (AvgIpc) is 3.43. The molecule has 11 heteroatoms. The van der Waals surface area contributed by atoms with Crippen LogP contribution in [0.4, 0.5) is 5.13 Å². The summed E-state index contributed by atoms with van der Waals surface area (Å²) in [4.78, 5) is 20.0. The summed E-state index contributed by atoms with van der Waals surface area (Å²) in [6.07, 6.45) is 2.34. The Labute approximate surface area is 191 Å². The third-order valence-corrected chi connectivity index (χ3v) is 9.57. The third kappa shape index (κ3) is 5.71. The molecular formula is C20H28N4O4S3. The lowest BCUT2D eigenvalue weighted by Gasteiger charge is -2.34. The summed E-state index contributed by atoms with van der Waals surface area (Å²) >= 11 is 2.57. The second-order valence-corrected chi connectivity index (χ2v) is 12.3. The molecule has 2 atom stereocenters. The number of rotatable bonds is 7. The van der Waals surface area contributed by atoms with Crippen LogP contribution in [0.25, 0.3) is 0 Å². The molecule has 2 aromatic rings. The Morgan fingerprint density at radius 2 is 1.94 bits per heavy atom. The minimum Gasteiger partial charge on any atom is -0.373 e. The maximum atomic E-state index is 12.6. The zero-order valence-electron chi connectivity index (χ0n) is 17.7. The monoisotopic (exact) mass is 484 g/mol. The first-order valence-electron chi connectivity index (χ1n) is 10.5. The molecule has 1 N–H and O–H groups in total. The molecule has 2 saturated heterocycles. The van der Waals surface area contributed by atoms with Gasteiger partial charge in [-0.15, -0.1) is 22.7 Å². The largest absolute Gasteiger partial charge is 0.373 e. The van der Waals surface area contributed by atoms with E-state index in [1.165, 1.54) is 27.0 Å². The number of amides is 1. The van der Waals surface area contributed by atoms with Crippen molar-refractivity contribution in [1.82, 2.24) is 14.2 Å².